The Morgan fingerprint density at radius 2 is 2.00 bits per heavy atom. The molecule has 2 atom stereocenters. The number of nitrogens with one attached hydrogen (secondary N) is 1. The summed E-state index contributed by atoms with van der Waals surface area (Å²) in [5.74, 6) is 0.00891. The maximum atomic E-state index is 12.8. The predicted octanol–water partition coefficient (Wildman–Crippen LogP) is 4.84. The maximum absolute atomic E-state index is 12.8. The average Bonchev–Trinajstić information content (AvgIpc) is 3.24. The molecule has 0 spiro atoms. The molecule has 33 heavy (non-hydrogen) atoms. The number of carbonyl (C=O) groups is 2. The van der Waals surface area contributed by atoms with Crippen LogP contribution in [-0.4, -0.2) is 41.8 Å². The summed E-state index contributed by atoms with van der Waals surface area (Å²) >= 11 is 2.10. The van der Waals surface area contributed by atoms with E-state index < -0.39 is 24.3 Å². The molecule has 0 unspecified atom stereocenters. The molecular formula is C23H24INO8. The summed E-state index contributed by atoms with van der Waals surface area (Å²) in [5.41, 5.74) is 0.843. The van der Waals surface area contributed by atoms with Gasteiger partial charge in [0.25, 0.3) is 0 Å². The van der Waals surface area contributed by atoms with E-state index in [1.54, 1.807) is 37.3 Å². The number of allylic oxidation sites excluding steroid dienone is 1. The average molecular weight is 569 g/mol. The molecule has 10 heteroatoms. The van der Waals surface area contributed by atoms with Gasteiger partial charge in [-0.15, -0.1) is 0 Å². The van der Waals surface area contributed by atoms with Crippen LogP contribution in [0.3, 0.4) is 0 Å². The molecule has 3 N–H and O–H groups in total. The van der Waals surface area contributed by atoms with Gasteiger partial charge in [-0.05, 0) is 72.7 Å². The van der Waals surface area contributed by atoms with Crippen molar-refractivity contribution < 1.29 is 38.7 Å². The minimum Gasteiger partial charge on any atom is -0.508 e. The van der Waals surface area contributed by atoms with E-state index in [-0.39, 0.29) is 12.5 Å². The van der Waals surface area contributed by atoms with Gasteiger partial charge in [0.05, 0.1) is 6.10 Å². The third-order valence-electron chi connectivity index (χ3n) is 4.75. The fourth-order valence-electron chi connectivity index (χ4n) is 3.31. The molecule has 1 aliphatic rings. The minimum atomic E-state index is -1.05. The topological polar surface area (TPSA) is 124 Å². The highest BCUT2D eigenvalue weighted by molar-refractivity contribution is 14.1. The fourth-order valence-corrected chi connectivity index (χ4v) is 3.83. The van der Waals surface area contributed by atoms with Crippen LogP contribution in [0.5, 0.6) is 17.2 Å². The van der Waals surface area contributed by atoms with Gasteiger partial charge < -0.3 is 29.2 Å². The Morgan fingerprint density at radius 3 is 2.76 bits per heavy atom. The van der Waals surface area contributed by atoms with E-state index in [0.29, 0.717) is 42.2 Å². The van der Waals surface area contributed by atoms with Crippen molar-refractivity contribution in [1.29, 1.82) is 0 Å². The lowest BCUT2D eigenvalue weighted by Gasteiger charge is -2.28. The van der Waals surface area contributed by atoms with Crippen LogP contribution < -0.4 is 14.8 Å². The molecule has 0 aromatic heterocycles. The molecule has 1 heterocycles. The normalized spacial score (nSPS) is 14.1. The van der Waals surface area contributed by atoms with E-state index >= 15 is 0 Å². The van der Waals surface area contributed by atoms with E-state index in [9.17, 15) is 14.7 Å². The highest BCUT2D eigenvalue weighted by atomic mass is 127. The number of anilines is 1. The SMILES string of the molecule is CCO[C@H](CC/C=C/C(=O)O)[C@H](OC(=O)Nc1ccc2c(c1)OCO2)c1cc(I)ccc1O. The molecule has 0 saturated heterocycles. The van der Waals surface area contributed by atoms with Crippen LogP contribution >= 0.6 is 22.6 Å². The first-order valence-corrected chi connectivity index (χ1v) is 11.3. The molecule has 0 bridgehead atoms. The van der Waals surface area contributed by atoms with Gasteiger partial charge in [-0.2, -0.15) is 0 Å². The van der Waals surface area contributed by atoms with Gasteiger partial charge in [0.2, 0.25) is 6.79 Å². The molecule has 3 rings (SSSR count). The van der Waals surface area contributed by atoms with E-state index in [0.717, 1.165) is 9.65 Å². The number of aromatic hydroxyl groups is 1. The summed E-state index contributed by atoms with van der Waals surface area (Å²) in [6.07, 6.45) is 0.992. The summed E-state index contributed by atoms with van der Waals surface area (Å²) in [6.45, 7) is 2.25. The molecule has 1 aliphatic heterocycles. The number of carboxylic acids is 1. The number of fused-ring (bicyclic) bond motifs is 1. The molecule has 0 saturated carbocycles. The van der Waals surface area contributed by atoms with E-state index in [1.165, 1.54) is 12.1 Å². The monoisotopic (exact) mass is 569 g/mol. The van der Waals surface area contributed by atoms with Crippen molar-refractivity contribution in [2.75, 3.05) is 18.7 Å². The number of rotatable bonds is 10. The maximum Gasteiger partial charge on any atom is 0.412 e. The zero-order valence-electron chi connectivity index (χ0n) is 17.8. The number of ether oxygens (including phenoxy) is 4. The zero-order chi connectivity index (χ0) is 23.8. The number of carboxylic acid groups (broad SMARTS) is 1. The van der Waals surface area contributed by atoms with Crippen molar-refractivity contribution in [2.45, 2.75) is 32.0 Å². The Bertz CT molecular complexity index is 1030. The van der Waals surface area contributed by atoms with Gasteiger partial charge in [-0.3, -0.25) is 5.32 Å². The van der Waals surface area contributed by atoms with Crippen molar-refractivity contribution in [3.8, 4) is 17.2 Å². The van der Waals surface area contributed by atoms with Gasteiger partial charge in [0, 0.05) is 33.6 Å². The molecule has 0 aliphatic carbocycles. The van der Waals surface area contributed by atoms with E-state index in [1.807, 2.05) is 0 Å². The van der Waals surface area contributed by atoms with Crippen molar-refractivity contribution in [3.63, 3.8) is 0 Å². The van der Waals surface area contributed by atoms with Gasteiger partial charge in [0.1, 0.15) is 5.75 Å². The Hall–Kier alpha value is -2.99. The number of phenols is 1. The molecule has 2 aromatic carbocycles. The number of carbonyl (C=O) groups excluding carboxylic acids is 1. The van der Waals surface area contributed by atoms with Crippen LogP contribution in [0.1, 0.15) is 31.4 Å². The minimum absolute atomic E-state index is 0.0397. The van der Waals surface area contributed by atoms with Crippen LogP contribution in [0.25, 0.3) is 0 Å². The Morgan fingerprint density at radius 1 is 1.21 bits per heavy atom. The van der Waals surface area contributed by atoms with Crippen LogP contribution in [0, 0.1) is 3.57 Å². The lowest BCUT2D eigenvalue weighted by Crippen LogP contribution is -2.29. The lowest BCUT2D eigenvalue weighted by atomic mass is 9.99. The fraction of sp³-hybridized carbons (Fsp3) is 0.304. The third kappa shape index (κ3) is 6.99. The summed E-state index contributed by atoms with van der Waals surface area (Å²) in [7, 11) is 0. The standard InChI is InChI=1S/C23H24INO8/c1-2-30-19(5-3-4-6-21(27)28)22(16-11-14(24)7-9-17(16)26)33-23(29)25-15-8-10-18-20(12-15)32-13-31-18/h4,6-12,19,22,26H,2-3,5,13H2,1H3,(H,25,29)(H,27,28)/b6-4+/t19-,22-/m1/s1. The van der Waals surface area contributed by atoms with Gasteiger partial charge in [0.15, 0.2) is 17.6 Å². The second-order valence-corrected chi connectivity index (χ2v) is 8.28. The number of amides is 1. The van der Waals surface area contributed by atoms with Crippen molar-refractivity contribution >= 4 is 40.3 Å². The second-order valence-electron chi connectivity index (χ2n) is 7.03. The van der Waals surface area contributed by atoms with Gasteiger partial charge in [-0.1, -0.05) is 6.08 Å². The number of benzene rings is 2. The van der Waals surface area contributed by atoms with Gasteiger partial charge in [-0.25, -0.2) is 9.59 Å². The smallest absolute Gasteiger partial charge is 0.412 e. The van der Waals surface area contributed by atoms with Crippen LogP contribution in [0.4, 0.5) is 10.5 Å². The predicted molar refractivity (Wildman–Crippen MR) is 128 cm³/mol. The van der Waals surface area contributed by atoms with E-state index in [2.05, 4.69) is 27.9 Å². The molecule has 2 aromatic rings. The summed E-state index contributed by atoms with van der Waals surface area (Å²) in [4.78, 5) is 23.5. The quantitative estimate of drug-likeness (QED) is 0.275. The molecular weight excluding hydrogens is 545 g/mol. The Labute approximate surface area is 204 Å². The first-order chi connectivity index (χ1) is 15.9. The van der Waals surface area contributed by atoms with Crippen LogP contribution in [0.2, 0.25) is 0 Å². The summed E-state index contributed by atoms with van der Waals surface area (Å²) in [6, 6.07) is 9.93. The number of halogens is 1. The molecule has 0 radical (unpaired) electrons. The molecule has 9 nitrogen and oxygen atoms in total. The second kappa shape index (κ2) is 11.8. The third-order valence-corrected chi connectivity index (χ3v) is 5.42. The van der Waals surface area contributed by atoms with Crippen molar-refractivity contribution in [1.82, 2.24) is 0 Å². The molecule has 1 amide bonds. The van der Waals surface area contributed by atoms with Crippen LogP contribution in [-0.2, 0) is 14.3 Å². The highest BCUT2D eigenvalue weighted by Gasteiger charge is 2.30. The highest BCUT2D eigenvalue weighted by Crippen LogP contribution is 2.36. The molecule has 176 valence electrons. The molecule has 0 fully saturated rings. The summed E-state index contributed by atoms with van der Waals surface area (Å²) in [5, 5.41) is 21.9. The Kier molecular flexibility index (Phi) is 8.78. The number of phenolic OH excluding ortho intramolecular Hbond substituents is 1. The first-order valence-electron chi connectivity index (χ1n) is 10.2. The van der Waals surface area contributed by atoms with Crippen LogP contribution in [0.15, 0.2) is 48.6 Å². The Balaban J connectivity index is 1.81. The van der Waals surface area contributed by atoms with Crippen molar-refractivity contribution in [3.05, 3.63) is 57.7 Å². The van der Waals surface area contributed by atoms with Gasteiger partial charge >= 0.3 is 12.1 Å². The number of hydrogen-bond acceptors (Lipinski definition) is 7. The van der Waals surface area contributed by atoms with E-state index in [4.69, 9.17) is 24.1 Å². The zero-order valence-corrected chi connectivity index (χ0v) is 20.0. The lowest BCUT2D eigenvalue weighted by molar-refractivity contribution is -0.131. The largest absolute Gasteiger partial charge is 0.508 e. The summed E-state index contributed by atoms with van der Waals surface area (Å²) < 4.78 is 23.0. The number of aliphatic carboxylic acids is 1. The van der Waals surface area contributed by atoms with Crippen molar-refractivity contribution in [2.24, 2.45) is 0 Å². The first kappa shape index (κ1) is 24.6. The number of hydrogen-bond donors (Lipinski definition) is 3.